The van der Waals surface area contributed by atoms with Crippen molar-refractivity contribution in [1.82, 2.24) is 14.8 Å². The minimum absolute atomic E-state index is 0.120. The number of ether oxygens (including phenoxy) is 1. The Hall–Kier alpha value is -1.63. The van der Waals surface area contributed by atoms with Gasteiger partial charge in [0.2, 0.25) is 11.9 Å². The van der Waals surface area contributed by atoms with E-state index in [0.717, 1.165) is 0 Å². The maximum absolute atomic E-state index is 11.0. The van der Waals surface area contributed by atoms with Crippen molar-refractivity contribution in [3.05, 3.63) is 5.82 Å². The van der Waals surface area contributed by atoms with Gasteiger partial charge in [-0.05, 0) is 0 Å². The summed E-state index contributed by atoms with van der Waals surface area (Å²) in [5, 5.41) is 6.11. The van der Waals surface area contributed by atoms with Crippen molar-refractivity contribution in [2.24, 2.45) is 7.05 Å². The van der Waals surface area contributed by atoms with E-state index in [1.54, 1.807) is 0 Å². The van der Waals surface area contributed by atoms with Gasteiger partial charge in [-0.2, -0.15) is 4.98 Å². The number of aryl methyl sites for hydroxylation is 1. The molecule has 0 aromatic carbocycles. The molecule has 0 aliphatic rings. The van der Waals surface area contributed by atoms with Crippen LogP contribution < -0.4 is 5.32 Å². The van der Waals surface area contributed by atoms with E-state index < -0.39 is 11.9 Å². The van der Waals surface area contributed by atoms with Crippen molar-refractivity contribution in [2.45, 2.75) is 0 Å². The molecule has 0 saturated carbocycles. The number of halogens is 1. The number of esters is 1. The first-order chi connectivity index (χ1) is 7.08. The molecule has 1 amide bonds. The first-order valence-electron chi connectivity index (χ1n) is 3.93. The molecule has 0 unspecified atom stereocenters. The maximum Gasteiger partial charge on any atom is 0.378 e. The molecule has 0 saturated heterocycles. The van der Waals surface area contributed by atoms with Crippen molar-refractivity contribution in [3.63, 3.8) is 0 Å². The van der Waals surface area contributed by atoms with Crippen LogP contribution >= 0.6 is 11.6 Å². The average Bonchev–Trinajstić information content (AvgIpc) is 2.59. The number of aromatic nitrogens is 3. The summed E-state index contributed by atoms with van der Waals surface area (Å²) in [7, 11) is 2.75. The molecule has 1 N–H and O–H groups in total. The van der Waals surface area contributed by atoms with Crippen molar-refractivity contribution in [1.29, 1.82) is 0 Å². The zero-order chi connectivity index (χ0) is 11.4. The highest BCUT2D eigenvalue weighted by molar-refractivity contribution is 6.28. The molecule has 8 heteroatoms. The molecule has 0 atom stereocenters. The molecular formula is C7H9ClN4O3. The highest BCUT2D eigenvalue weighted by Crippen LogP contribution is 2.03. The number of hydrogen-bond donors (Lipinski definition) is 1. The Morgan fingerprint density at radius 3 is 2.80 bits per heavy atom. The smallest absolute Gasteiger partial charge is 0.378 e. The third-order valence-corrected chi connectivity index (χ3v) is 1.75. The zero-order valence-corrected chi connectivity index (χ0v) is 8.91. The zero-order valence-electron chi connectivity index (χ0n) is 8.15. The molecule has 0 fully saturated rings. The Morgan fingerprint density at radius 2 is 2.27 bits per heavy atom. The SMILES string of the molecule is COC(=O)c1nc(NC(=O)CCl)n(C)n1. The molecule has 1 heterocycles. The van der Waals surface area contributed by atoms with Gasteiger partial charge in [0.1, 0.15) is 5.88 Å². The number of anilines is 1. The van der Waals surface area contributed by atoms with E-state index in [0.29, 0.717) is 0 Å². The summed E-state index contributed by atoms with van der Waals surface area (Å²) < 4.78 is 5.67. The van der Waals surface area contributed by atoms with Gasteiger partial charge in [0, 0.05) is 7.05 Å². The van der Waals surface area contributed by atoms with Gasteiger partial charge in [-0.15, -0.1) is 16.7 Å². The minimum Gasteiger partial charge on any atom is -0.463 e. The lowest BCUT2D eigenvalue weighted by Crippen LogP contribution is -2.15. The first-order valence-corrected chi connectivity index (χ1v) is 4.47. The van der Waals surface area contributed by atoms with E-state index in [-0.39, 0.29) is 17.7 Å². The van der Waals surface area contributed by atoms with Crippen LogP contribution in [-0.2, 0) is 16.6 Å². The normalized spacial score (nSPS) is 9.80. The van der Waals surface area contributed by atoms with Gasteiger partial charge in [-0.3, -0.25) is 10.1 Å². The largest absolute Gasteiger partial charge is 0.463 e. The minimum atomic E-state index is -0.669. The van der Waals surface area contributed by atoms with Crippen molar-refractivity contribution < 1.29 is 14.3 Å². The van der Waals surface area contributed by atoms with E-state index in [1.807, 2.05) is 0 Å². The van der Waals surface area contributed by atoms with Crippen LogP contribution in [0.4, 0.5) is 5.95 Å². The van der Waals surface area contributed by atoms with E-state index in [4.69, 9.17) is 11.6 Å². The van der Waals surface area contributed by atoms with Crippen LogP contribution in [0, 0.1) is 0 Å². The van der Waals surface area contributed by atoms with E-state index in [9.17, 15) is 9.59 Å². The van der Waals surface area contributed by atoms with Gasteiger partial charge in [-0.25, -0.2) is 9.48 Å². The molecule has 15 heavy (non-hydrogen) atoms. The first kappa shape index (κ1) is 11.4. The number of nitrogens with zero attached hydrogens (tertiary/aromatic N) is 3. The molecule has 1 aromatic rings. The molecule has 0 spiro atoms. The van der Waals surface area contributed by atoms with Crippen LogP contribution in [-0.4, -0.2) is 39.6 Å². The van der Waals surface area contributed by atoms with Gasteiger partial charge in [0.05, 0.1) is 7.11 Å². The molecule has 0 radical (unpaired) electrons. The topological polar surface area (TPSA) is 86.1 Å². The van der Waals surface area contributed by atoms with Crippen molar-refractivity contribution in [3.8, 4) is 0 Å². The number of amides is 1. The van der Waals surface area contributed by atoms with E-state index >= 15 is 0 Å². The number of alkyl halides is 1. The molecule has 0 aliphatic heterocycles. The number of nitrogens with one attached hydrogen (secondary N) is 1. The second-order valence-corrected chi connectivity index (χ2v) is 2.82. The highest BCUT2D eigenvalue weighted by Gasteiger charge is 2.15. The summed E-state index contributed by atoms with van der Waals surface area (Å²) in [5.41, 5.74) is 0. The summed E-state index contributed by atoms with van der Waals surface area (Å²) in [4.78, 5) is 25.7. The van der Waals surface area contributed by atoms with Crippen LogP contribution in [0.1, 0.15) is 10.6 Å². The summed E-state index contributed by atoms with van der Waals surface area (Å²) in [6.07, 6.45) is 0. The number of methoxy groups -OCH3 is 1. The summed E-state index contributed by atoms with van der Waals surface area (Å²) in [6, 6.07) is 0. The predicted octanol–water partition coefficient (Wildman–Crippen LogP) is -0.221. The van der Waals surface area contributed by atoms with Crippen LogP contribution in [0.15, 0.2) is 0 Å². The fourth-order valence-corrected chi connectivity index (χ4v) is 0.896. The highest BCUT2D eigenvalue weighted by atomic mass is 35.5. The molecule has 1 aromatic heterocycles. The number of hydrogen-bond acceptors (Lipinski definition) is 5. The van der Waals surface area contributed by atoms with Gasteiger partial charge in [0.15, 0.2) is 0 Å². The Labute approximate surface area is 90.4 Å². The van der Waals surface area contributed by atoms with Crippen molar-refractivity contribution in [2.75, 3.05) is 18.3 Å². The van der Waals surface area contributed by atoms with E-state index in [1.165, 1.54) is 18.8 Å². The lowest BCUT2D eigenvalue weighted by molar-refractivity contribution is -0.114. The van der Waals surface area contributed by atoms with Crippen LogP contribution in [0.2, 0.25) is 0 Å². The third-order valence-electron chi connectivity index (χ3n) is 1.50. The van der Waals surface area contributed by atoms with Gasteiger partial charge >= 0.3 is 5.97 Å². The van der Waals surface area contributed by atoms with Crippen LogP contribution in [0.25, 0.3) is 0 Å². The summed E-state index contributed by atoms with van der Waals surface area (Å²) >= 11 is 5.29. The average molecular weight is 233 g/mol. The Bertz CT molecular complexity index is 390. The monoisotopic (exact) mass is 232 g/mol. The second-order valence-electron chi connectivity index (χ2n) is 2.56. The summed E-state index contributed by atoms with van der Waals surface area (Å²) in [5.74, 6) is -1.27. The quantitative estimate of drug-likeness (QED) is 0.575. The van der Waals surface area contributed by atoms with Gasteiger partial charge in [0.25, 0.3) is 5.82 Å². The molecule has 7 nitrogen and oxygen atoms in total. The Balaban J connectivity index is 2.86. The standard InChI is InChI=1S/C7H9ClN4O3/c1-12-7(9-4(13)3-8)10-5(11-12)6(14)15-2/h3H2,1-2H3,(H,9,10,11,13). The molecule has 82 valence electrons. The van der Waals surface area contributed by atoms with Crippen LogP contribution in [0.3, 0.4) is 0 Å². The molecule has 1 rings (SSSR count). The van der Waals surface area contributed by atoms with E-state index in [2.05, 4.69) is 20.1 Å². The number of carbonyl (C=O) groups excluding carboxylic acids is 2. The molecular weight excluding hydrogens is 224 g/mol. The second kappa shape index (κ2) is 4.74. The third kappa shape index (κ3) is 2.66. The predicted molar refractivity (Wildman–Crippen MR) is 51.7 cm³/mol. The van der Waals surface area contributed by atoms with Crippen molar-refractivity contribution >= 4 is 29.4 Å². The molecule has 0 aliphatic carbocycles. The number of rotatable bonds is 3. The molecule has 0 bridgehead atoms. The maximum atomic E-state index is 11.0. The lowest BCUT2D eigenvalue weighted by atomic mass is 10.6. The van der Waals surface area contributed by atoms with Crippen LogP contribution in [0.5, 0.6) is 0 Å². The van der Waals surface area contributed by atoms with Gasteiger partial charge in [-0.1, -0.05) is 0 Å². The summed E-state index contributed by atoms with van der Waals surface area (Å²) in [6.45, 7) is 0. The Morgan fingerprint density at radius 1 is 1.60 bits per heavy atom. The fraction of sp³-hybridized carbons (Fsp3) is 0.429. The fourth-order valence-electron chi connectivity index (χ4n) is 0.829. The lowest BCUT2D eigenvalue weighted by Gasteiger charge is -1.98. The van der Waals surface area contributed by atoms with Gasteiger partial charge < -0.3 is 4.74 Å². The Kier molecular flexibility index (Phi) is 3.62. The number of carbonyl (C=O) groups is 2.